The lowest BCUT2D eigenvalue weighted by Gasteiger charge is -2.43. The Hall–Kier alpha value is -5.73. The molecule has 0 spiro atoms. The second-order valence-electron chi connectivity index (χ2n) is 13.0. The molecule has 6 rings (SSSR count). The number of anilines is 1. The summed E-state index contributed by atoms with van der Waals surface area (Å²) in [6.45, 7) is 4.76. The number of rotatable bonds is 13. The molecule has 18 nitrogen and oxygen atoms in total. The van der Waals surface area contributed by atoms with E-state index in [0.29, 0.717) is 11.1 Å². The quantitative estimate of drug-likeness (QED) is 0.0585. The molecule has 3 amide bonds. The fourth-order valence-corrected chi connectivity index (χ4v) is 6.83. The first-order valence-corrected chi connectivity index (χ1v) is 18.4. The van der Waals surface area contributed by atoms with Gasteiger partial charge in [-0.25, -0.2) is 23.9 Å². The molecule has 1 aliphatic heterocycles. The van der Waals surface area contributed by atoms with Crippen molar-refractivity contribution in [3.63, 3.8) is 0 Å². The number of hydrogen-bond donors (Lipinski definition) is 3. The predicted molar refractivity (Wildman–Crippen MR) is 187 cm³/mol. The van der Waals surface area contributed by atoms with E-state index in [4.69, 9.17) is 14.3 Å². The molecular weight excluding hydrogens is 733 g/mol. The van der Waals surface area contributed by atoms with Gasteiger partial charge in [0.15, 0.2) is 16.9 Å². The number of nitrogens with zero attached hydrogens (tertiary/aromatic N) is 6. The second-order valence-corrected chi connectivity index (χ2v) is 15.2. The molecule has 2 fully saturated rings. The van der Waals surface area contributed by atoms with Gasteiger partial charge >= 0.3 is 22.4 Å². The zero-order valence-corrected chi connectivity index (χ0v) is 30.1. The third-order valence-corrected chi connectivity index (χ3v) is 9.64. The van der Waals surface area contributed by atoms with E-state index in [1.165, 1.54) is 22.7 Å². The first-order chi connectivity index (χ1) is 25.1. The van der Waals surface area contributed by atoms with Crippen LogP contribution in [-0.2, 0) is 45.5 Å². The number of esters is 1. The van der Waals surface area contributed by atoms with Crippen LogP contribution in [0.5, 0.6) is 0 Å². The summed E-state index contributed by atoms with van der Waals surface area (Å²) in [5, 5.41) is 14.2. The van der Waals surface area contributed by atoms with Gasteiger partial charge in [0.2, 0.25) is 5.60 Å². The molecule has 20 heteroatoms. The Morgan fingerprint density at radius 2 is 1.72 bits per heavy atom. The Bertz CT molecular complexity index is 2080. The number of benzene rings is 2. The number of oxime groups is 1. The smallest absolute Gasteiger partial charge is 0.413 e. The number of amides is 3. The molecule has 0 unspecified atom stereocenters. The summed E-state index contributed by atoms with van der Waals surface area (Å²) in [5.41, 5.74) is -1.60. The van der Waals surface area contributed by atoms with Crippen molar-refractivity contribution in [3.8, 4) is 0 Å². The fraction of sp³-hybridized carbons (Fsp3) is 0.333. The maximum absolute atomic E-state index is 13.9. The van der Waals surface area contributed by atoms with Crippen LogP contribution in [0.25, 0.3) is 0 Å². The number of carbonyl (C=O) groups is 4. The highest BCUT2D eigenvalue weighted by molar-refractivity contribution is 7.84. The van der Waals surface area contributed by atoms with Gasteiger partial charge in [-0.15, -0.1) is 11.3 Å². The molecule has 1 aliphatic carbocycles. The van der Waals surface area contributed by atoms with Gasteiger partial charge in [0, 0.05) is 18.2 Å². The Morgan fingerprint density at radius 1 is 1.08 bits per heavy atom. The molecule has 2 aliphatic rings. The van der Waals surface area contributed by atoms with E-state index in [-0.39, 0.29) is 34.5 Å². The Morgan fingerprint density at radius 3 is 2.26 bits per heavy atom. The summed E-state index contributed by atoms with van der Waals surface area (Å²) in [4.78, 5) is 66.8. The molecular formula is C33H34N8O10S2. The van der Waals surface area contributed by atoms with Crippen molar-refractivity contribution in [2.75, 3.05) is 5.32 Å². The summed E-state index contributed by atoms with van der Waals surface area (Å²) in [5.74, 6) is -2.92. The van der Waals surface area contributed by atoms with E-state index < -0.39 is 69.3 Å². The molecule has 278 valence electrons. The average Bonchev–Trinajstić information content (AvgIpc) is 3.45. The maximum atomic E-state index is 13.9. The molecule has 4 aromatic rings. The Balaban J connectivity index is 1.27. The van der Waals surface area contributed by atoms with E-state index in [1.54, 1.807) is 20.8 Å². The summed E-state index contributed by atoms with van der Waals surface area (Å²) in [6.07, 6.45) is 1.24. The third kappa shape index (κ3) is 8.67. The van der Waals surface area contributed by atoms with Gasteiger partial charge in [-0.3, -0.25) is 24.1 Å². The number of β-lactam (4-membered cyclic amide) rings is 1. The number of carbonyl (C=O) groups excluding carboxylic acids is 4. The van der Waals surface area contributed by atoms with Gasteiger partial charge < -0.3 is 19.6 Å². The monoisotopic (exact) mass is 766 g/mol. The number of aromatic nitrogens is 4. The van der Waals surface area contributed by atoms with E-state index in [2.05, 4.69) is 30.9 Å². The summed E-state index contributed by atoms with van der Waals surface area (Å²) in [7, 11) is -5.01. The number of nitrogens with one attached hydrogen (secondary N) is 2. The van der Waals surface area contributed by atoms with Crippen LogP contribution in [0.3, 0.4) is 0 Å². The minimum atomic E-state index is -5.01. The minimum absolute atomic E-state index is 0.0187. The highest BCUT2D eigenvalue weighted by Crippen LogP contribution is 2.43. The molecule has 2 atom stereocenters. The van der Waals surface area contributed by atoms with Crippen molar-refractivity contribution in [1.82, 2.24) is 29.4 Å². The predicted octanol–water partition coefficient (Wildman–Crippen LogP) is 2.87. The first kappa shape index (κ1) is 37.0. The van der Waals surface area contributed by atoms with Crippen molar-refractivity contribution in [2.45, 2.75) is 69.5 Å². The first-order valence-electron chi connectivity index (χ1n) is 16.1. The van der Waals surface area contributed by atoms with Crippen molar-refractivity contribution in [2.24, 2.45) is 5.16 Å². The molecule has 1 saturated carbocycles. The maximum Gasteiger partial charge on any atom is 0.413 e. The van der Waals surface area contributed by atoms with Crippen molar-refractivity contribution >= 4 is 56.4 Å². The van der Waals surface area contributed by atoms with Crippen LogP contribution in [0.2, 0.25) is 0 Å². The van der Waals surface area contributed by atoms with Gasteiger partial charge in [-0.05, 0) is 31.9 Å². The molecule has 0 radical (unpaired) electrons. The van der Waals surface area contributed by atoms with Gasteiger partial charge in [0.05, 0.1) is 12.6 Å². The van der Waals surface area contributed by atoms with Gasteiger partial charge in [-0.2, -0.15) is 13.5 Å². The lowest BCUT2D eigenvalue weighted by molar-refractivity contribution is -0.164. The van der Waals surface area contributed by atoms with Gasteiger partial charge in [-0.1, -0.05) is 65.8 Å². The van der Waals surface area contributed by atoms with Crippen molar-refractivity contribution < 1.29 is 46.5 Å². The lowest BCUT2D eigenvalue weighted by Crippen LogP contribution is -2.73. The van der Waals surface area contributed by atoms with E-state index in [0.717, 1.165) is 11.3 Å². The summed E-state index contributed by atoms with van der Waals surface area (Å²) >= 11 is 0.918. The van der Waals surface area contributed by atoms with Crippen LogP contribution >= 0.6 is 11.3 Å². The molecule has 0 bridgehead atoms. The fourth-order valence-electron chi connectivity index (χ4n) is 5.28. The zero-order valence-electron chi connectivity index (χ0n) is 28.5. The number of ether oxygens (including phenoxy) is 2. The van der Waals surface area contributed by atoms with Gasteiger partial charge in [0.1, 0.15) is 30.0 Å². The van der Waals surface area contributed by atoms with Crippen LogP contribution in [0.4, 0.5) is 9.93 Å². The standard InChI is InChI=1S/C33H34N8O10S2/c1-32(2,3)50-31(45)38-30-36-22(17-52-30)24(27(42)37-25-23(16-40-19-34-18-35-40)41(28(25)43)53(46,47)48)39-51-33(14-15-33)29(44)49-26(20-10-6-4-7-11-20)21-12-8-5-9-13-21/h4-13,17-19,23,25-26H,14-16H2,1-3H3,(H,37,42)(H,36,38,45)(H,46,47,48)/b39-24+/t23-,25+/m1/s1. The molecule has 3 N–H and O–H groups in total. The third-order valence-electron chi connectivity index (χ3n) is 7.93. The average molecular weight is 767 g/mol. The van der Waals surface area contributed by atoms with E-state index >= 15 is 0 Å². The van der Waals surface area contributed by atoms with Crippen molar-refractivity contribution in [1.29, 1.82) is 0 Å². The van der Waals surface area contributed by atoms with Gasteiger partial charge in [0.25, 0.3) is 11.8 Å². The Kier molecular flexibility index (Phi) is 10.3. The molecule has 1 saturated heterocycles. The molecule has 2 aromatic carbocycles. The SMILES string of the molecule is CC(C)(C)OC(=O)Nc1nc(/C(=N\OC2(C(=O)OC(c3ccccc3)c3ccccc3)CC2)C(=O)N[C@@H]2C(=O)N(S(=O)(=O)O)[C@@H]2Cn2cncn2)cs1. The normalized spacial score (nSPS) is 18.2. The summed E-state index contributed by atoms with van der Waals surface area (Å²) < 4.78 is 46.5. The highest BCUT2D eigenvalue weighted by atomic mass is 32.2. The molecule has 2 aromatic heterocycles. The minimum Gasteiger partial charge on any atom is -0.450 e. The number of hydrogen-bond acceptors (Lipinski definition) is 14. The van der Waals surface area contributed by atoms with E-state index in [1.807, 2.05) is 60.7 Å². The topological polar surface area (TPSA) is 234 Å². The lowest BCUT2D eigenvalue weighted by atomic mass is 9.98. The van der Waals surface area contributed by atoms with Crippen LogP contribution in [-0.4, -0.2) is 89.9 Å². The van der Waals surface area contributed by atoms with E-state index in [9.17, 15) is 32.1 Å². The van der Waals surface area contributed by atoms with Crippen LogP contribution in [0.1, 0.15) is 56.5 Å². The summed E-state index contributed by atoms with van der Waals surface area (Å²) in [6, 6.07) is 15.4. The zero-order chi connectivity index (χ0) is 38.0. The number of thiazole rings is 1. The van der Waals surface area contributed by atoms with Crippen LogP contribution < -0.4 is 10.6 Å². The van der Waals surface area contributed by atoms with Crippen molar-refractivity contribution in [3.05, 3.63) is 95.5 Å². The second kappa shape index (κ2) is 14.7. The van der Waals surface area contributed by atoms with Crippen LogP contribution in [0.15, 0.2) is 83.9 Å². The van der Waals surface area contributed by atoms with Crippen LogP contribution in [0, 0.1) is 0 Å². The molecule has 53 heavy (non-hydrogen) atoms. The molecule has 3 heterocycles. The highest BCUT2D eigenvalue weighted by Gasteiger charge is 2.57. The Labute approximate surface area is 307 Å². The largest absolute Gasteiger partial charge is 0.450 e.